The zero-order chi connectivity index (χ0) is 20.7. The van der Waals surface area contributed by atoms with Crippen LogP contribution in [0.2, 0.25) is 0 Å². The van der Waals surface area contributed by atoms with Crippen LogP contribution in [0.4, 0.5) is 0 Å². The van der Waals surface area contributed by atoms with Crippen molar-refractivity contribution in [1.29, 1.82) is 0 Å². The van der Waals surface area contributed by atoms with Gasteiger partial charge < -0.3 is 9.47 Å². The number of pyridine rings is 1. The molecule has 2 aromatic carbocycles. The molecule has 1 fully saturated rings. The fourth-order valence-corrected chi connectivity index (χ4v) is 5.23. The van der Waals surface area contributed by atoms with E-state index in [1.54, 1.807) is 48.5 Å². The van der Waals surface area contributed by atoms with Crippen LogP contribution in [0.15, 0.2) is 68.9 Å². The second kappa shape index (κ2) is 7.15. The van der Waals surface area contributed by atoms with Crippen molar-refractivity contribution >= 4 is 49.8 Å². The Bertz CT molecular complexity index is 1360. The molecular weight excluding hydrogens is 426 g/mol. The molecule has 2 aliphatic heterocycles. The molecule has 0 aliphatic carbocycles. The SMILES string of the molecule is O=C1N/C(=N\S(=O)(=O)c2cccc3cccnc23)S/C1=C/c1ccc2c(c1)OCO2. The average Bonchev–Trinajstić information content (AvgIpc) is 3.33. The van der Waals surface area contributed by atoms with E-state index in [4.69, 9.17) is 9.47 Å². The van der Waals surface area contributed by atoms with Crippen LogP contribution in [-0.2, 0) is 14.8 Å². The highest BCUT2D eigenvalue weighted by Crippen LogP contribution is 2.35. The number of benzene rings is 2. The standard InChI is InChI=1S/C20H13N3O5S2/c24-19-16(10-12-6-7-14-15(9-12)28-11-27-14)29-20(22-19)23-30(25,26)17-5-1-3-13-4-2-8-21-18(13)17/h1-10H,11H2,(H,22,23,24)/b16-10+. The Labute approximate surface area is 175 Å². The number of fused-ring (bicyclic) bond motifs is 2. The highest BCUT2D eigenvalue weighted by Gasteiger charge is 2.27. The molecule has 0 bridgehead atoms. The summed E-state index contributed by atoms with van der Waals surface area (Å²) >= 11 is 0.953. The second-order valence-corrected chi connectivity index (χ2v) is 8.98. The summed E-state index contributed by atoms with van der Waals surface area (Å²) in [4.78, 5) is 16.8. The maximum atomic E-state index is 12.9. The Hall–Kier alpha value is -3.37. The summed E-state index contributed by atoms with van der Waals surface area (Å²) in [6, 6.07) is 13.6. The largest absolute Gasteiger partial charge is 0.454 e. The summed E-state index contributed by atoms with van der Waals surface area (Å²) in [6.07, 6.45) is 3.16. The van der Waals surface area contributed by atoms with Gasteiger partial charge in [0.05, 0.1) is 10.4 Å². The van der Waals surface area contributed by atoms with Crippen LogP contribution < -0.4 is 14.8 Å². The first kappa shape index (κ1) is 18.6. The number of carbonyl (C=O) groups is 1. The number of thioether (sulfide) groups is 1. The van der Waals surface area contributed by atoms with Crippen LogP contribution in [-0.4, -0.2) is 31.3 Å². The Kier molecular flexibility index (Phi) is 4.44. The minimum absolute atomic E-state index is 0.0140. The van der Waals surface area contributed by atoms with E-state index in [1.165, 1.54) is 12.3 Å². The molecule has 150 valence electrons. The molecule has 1 aromatic heterocycles. The Morgan fingerprint density at radius 3 is 2.83 bits per heavy atom. The van der Waals surface area contributed by atoms with E-state index in [0.717, 1.165) is 17.3 Å². The molecule has 1 saturated heterocycles. The number of sulfonamides is 1. The van der Waals surface area contributed by atoms with Gasteiger partial charge >= 0.3 is 0 Å². The summed E-state index contributed by atoms with van der Waals surface area (Å²) in [7, 11) is -4.07. The smallest absolute Gasteiger partial charge is 0.286 e. The van der Waals surface area contributed by atoms with Crippen LogP contribution in [0, 0.1) is 0 Å². The molecule has 10 heteroatoms. The number of aromatic nitrogens is 1. The molecule has 0 saturated carbocycles. The maximum Gasteiger partial charge on any atom is 0.286 e. The highest BCUT2D eigenvalue weighted by atomic mass is 32.2. The average molecular weight is 439 g/mol. The molecule has 1 amide bonds. The molecule has 0 unspecified atom stereocenters. The lowest BCUT2D eigenvalue weighted by atomic mass is 10.2. The number of ether oxygens (including phenoxy) is 2. The Morgan fingerprint density at radius 2 is 1.93 bits per heavy atom. The number of nitrogens with zero attached hydrogens (tertiary/aromatic N) is 2. The molecule has 5 rings (SSSR count). The van der Waals surface area contributed by atoms with Gasteiger partial charge in [0.15, 0.2) is 16.7 Å². The molecule has 0 radical (unpaired) electrons. The molecular formula is C20H13N3O5S2. The molecule has 3 aromatic rings. The van der Waals surface area contributed by atoms with Crippen LogP contribution >= 0.6 is 11.8 Å². The van der Waals surface area contributed by atoms with E-state index in [9.17, 15) is 13.2 Å². The van der Waals surface area contributed by atoms with Crippen molar-refractivity contribution in [1.82, 2.24) is 10.3 Å². The van der Waals surface area contributed by atoms with Gasteiger partial charge in [-0.2, -0.15) is 8.42 Å². The summed E-state index contributed by atoms with van der Waals surface area (Å²) in [5, 5.41) is 3.17. The van der Waals surface area contributed by atoms with E-state index in [-0.39, 0.29) is 16.9 Å². The van der Waals surface area contributed by atoms with E-state index < -0.39 is 15.9 Å². The minimum Gasteiger partial charge on any atom is -0.454 e. The first-order chi connectivity index (χ1) is 14.5. The number of amidine groups is 1. The summed E-state index contributed by atoms with van der Waals surface area (Å²) < 4.78 is 40.1. The number of rotatable bonds is 3. The summed E-state index contributed by atoms with van der Waals surface area (Å²) in [6.45, 7) is 0.155. The molecule has 2 aliphatic rings. The predicted molar refractivity (Wildman–Crippen MR) is 113 cm³/mol. The first-order valence-electron chi connectivity index (χ1n) is 8.79. The lowest BCUT2D eigenvalue weighted by Gasteiger charge is -2.04. The van der Waals surface area contributed by atoms with Crippen LogP contribution in [0.25, 0.3) is 17.0 Å². The van der Waals surface area contributed by atoms with Crippen LogP contribution in [0.5, 0.6) is 11.5 Å². The number of hydrogen-bond donors (Lipinski definition) is 1. The molecule has 30 heavy (non-hydrogen) atoms. The molecule has 3 heterocycles. The van der Waals surface area contributed by atoms with E-state index in [0.29, 0.717) is 27.3 Å². The number of carbonyl (C=O) groups excluding carboxylic acids is 1. The van der Waals surface area contributed by atoms with E-state index in [2.05, 4.69) is 14.7 Å². The molecule has 1 N–H and O–H groups in total. The van der Waals surface area contributed by atoms with Gasteiger partial charge in [-0.1, -0.05) is 24.3 Å². The second-order valence-electron chi connectivity index (χ2n) is 6.38. The first-order valence-corrected chi connectivity index (χ1v) is 11.0. The third-order valence-corrected chi connectivity index (χ3v) is 6.76. The Balaban J connectivity index is 1.46. The van der Waals surface area contributed by atoms with Crippen molar-refractivity contribution in [3.63, 3.8) is 0 Å². The third-order valence-electron chi connectivity index (χ3n) is 4.42. The number of hydrogen-bond acceptors (Lipinski definition) is 7. The zero-order valence-corrected chi connectivity index (χ0v) is 16.9. The molecule has 8 nitrogen and oxygen atoms in total. The normalized spacial score (nSPS) is 18.3. The van der Waals surface area contributed by atoms with Crippen molar-refractivity contribution in [2.75, 3.05) is 6.79 Å². The highest BCUT2D eigenvalue weighted by molar-refractivity contribution is 8.19. The maximum absolute atomic E-state index is 12.9. The van der Waals surface area contributed by atoms with Gasteiger partial charge in [-0.3, -0.25) is 15.1 Å². The van der Waals surface area contributed by atoms with Gasteiger partial charge in [-0.05, 0) is 47.7 Å². The van der Waals surface area contributed by atoms with Crippen molar-refractivity contribution in [2.45, 2.75) is 4.90 Å². The fraction of sp³-hybridized carbons (Fsp3) is 0.0500. The monoisotopic (exact) mass is 439 g/mol. The number of para-hydroxylation sites is 1. The fourth-order valence-electron chi connectivity index (χ4n) is 3.07. The van der Waals surface area contributed by atoms with Gasteiger partial charge in [0.2, 0.25) is 6.79 Å². The van der Waals surface area contributed by atoms with Crippen molar-refractivity contribution in [2.24, 2.45) is 4.40 Å². The Morgan fingerprint density at radius 1 is 1.10 bits per heavy atom. The van der Waals surface area contributed by atoms with Crippen molar-refractivity contribution in [3.8, 4) is 11.5 Å². The van der Waals surface area contributed by atoms with Gasteiger partial charge in [0.1, 0.15) is 4.90 Å². The van der Waals surface area contributed by atoms with Gasteiger partial charge in [0, 0.05) is 11.6 Å². The third kappa shape index (κ3) is 3.40. The van der Waals surface area contributed by atoms with Crippen molar-refractivity contribution < 1.29 is 22.7 Å². The van der Waals surface area contributed by atoms with Crippen LogP contribution in [0.1, 0.15) is 5.56 Å². The summed E-state index contributed by atoms with van der Waals surface area (Å²) in [5.41, 5.74) is 1.05. The topological polar surface area (TPSA) is 107 Å². The van der Waals surface area contributed by atoms with Gasteiger partial charge in [0.25, 0.3) is 15.9 Å². The van der Waals surface area contributed by atoms with Gasteiger partial charge in [-0.25, -0.2) is 0 Å². The van der Waals surface area contributed by atoms with E-state index >= 15 is 0 Å². The van der Waals surface area contributed by atoms with Crippen LogP contribution in [0.3, 0.4) is 0 Å². The summed E-state index contributed by atoms with van der Waals surface area (Å²) in [5.74, 6) is 0.799. The lowest BCUT2D eigenvalue weighted by Crippen LogP contribution is -2.20. The number of amides is 1. The quantitative estimate of drug-likeness (QED) is 0.625. The minimum atomic E-state index is -4.07. The van der Waals surface area contributed by atoms with Gasteiger partial charge in [-0.15, -0.1) is 4.40 Å². The molecule has 0 spiro atoms. The van der Waals surface area contributed by atoms with E-state index in [1.807, 2.05) is 0 Å². The predicted octanol–water partition coefficient (Wildman–Crippen LogP) is 2.91. The lowest BCUT2D eigenvalue weighted by molar-refractivity contribution is -0.115. The zero-order valence-electron chi connectivity index (χ0n) is 15.2. The number of nitrogens with one attached hydrogen (secondary N) is 1. The molecule has 0 atom stereocenters. The van der Waals surface area contributed by atoms with Crippen molar-refractivity contribution in [3.05, 3.63) is 65.2 Å².